The number of hydrogen-bond acceptors (Lipinski definition) is 3. The molecule has 0 spiro atoms. The minimum Gasteiger partial charge on any atom is -0.338 e. The van der Waals surface area contributed by atoms with Crippen LogP contribution in [-0.4, -0.2) is 35.4 Å². The predicted octanol–water partition coefficient (Wildman–Crippen LogP) is 1.91. The molecule has 110 valence electrons. The highest BCUT2D eigenvalue weighted by Gasteiger charge is 2.32. The van der Waals surface area contributed by atoms with E-state index in [0.29, 0.717) is 19.6 Å². The molecular weight excluding hydrogens is 271 g/mol. The van der Waals surface area contributed by atoms with Crippen molar-refractivity contribution >= 4 is 5.91 Å². The average Bonchev–Trinajstić information content (AvgIpc) is 2.46. The average molecular weight is 287 g/mol. The van der Waals surface area contributed by atoms with Crippen LogP contribution < -0.4 is 5.73 Å². The molecule has 1 saturated heterocycles. The highest BCUT2D eigenvalue weighted by Crippen LogP contribution is 2.27. The van der Waals surface area contributed by atoms with Crippen molar-refractivity contribution in [3.63, 3.8) is 0 Å². The van der Waals surface area contributed by atoms with E-state index in [2.05, 4.69) is 4.98 Å². The molecular formula is C13H16F3N3O. The van der Waals surface area contributed by atoms with Gasteiger partial charge in [0.2, 0.25) is 0 Å². The first-order valence-electron chi connectivity index (χ1n) is 6.44. The molecule has 0 aliphatic carbocycles. The summed E-state index contributed by atoms with van der Waals surface area (Å²) in [5.74, 6) is -0.0283. The fourth-order valence-corrected chi connectivity index (χ4v) is 2.31. The summed E-state index contributed by atoms with van der Waals surface area (Å²) >= 11 is 0. The molecule has 1 amide bonds. The van der Waals surface area contributed by atoms with Crippen LogP contribution >= 0.6 is 0 Å². The van der Waals surface area contributed by atoms with Crippen molar-refractivity contribution in [2.24, 2.45) is 11.7 Å². The Hall–Kier alpha value is -1.63. The number of aromatic nitrogens is 1. The molecule has 2 heterocycles. The molecule has 1 atom stereocenters. The van der Waals surface area contributed by atoms with E-state index in [0.717, 1.165) is 25.1 Å². The lowest BCUT2D eigenvalue weighted by molar-refractivity contribution is -0.141. The summed E-state index contributed by atoms with van der Waals surface area (Å²) in [5.41, 5.74) is 4.78. The van der Waals surface area contributed by atoms with E-state index in [1.165, 1.54) is 6.07 Å². The van der Waals surface area contributed by atoms with Crippen molar-refractivity contribution < 1.29 is 18.0 Å². The molecule has 0 radical (unpaired) electrons. The largest absolute Gasteiger partial charge is 0.433 e. The number of likely N-dealkylation sites (tertiary alicyclic amines) is 1. The number of nitrogens with two attached hydrogens (primary N) is 1. The van der Waals surface area contributed by atoms with E-state index in [-0.39, 0.29) is 17.4 Å². The minimum absolute atomic E-state index is 0.177. The van der Waals surface area contributed by atoms with Gasteiger partial charge in [-0.15, -0.1) is 0 Å². The molecule has 0 aromatic carbocycles. The van der Waals surface area contributed by atoms with Gasteiger partial charge in [-0.2, -0.15) is 13.2 Å². The van der Waals surface area contributed by atoms with Gasteiger partial charge in [0.25, 0.3) is 5.91 Å². The van der Waals surface area contributed by atoms with Crippen LogP contribution in [0.5, 0.6) is 0 Å². The second-order valence-electron chi connectivity index (χ2n) is 4.92. The molecule has 1 unspecified atom stereocenters. The van der Waals surface area contributed by atoms with E-state index < -0.39 is 11.9 Å². The van der Waals surface area contributed by atoms with E-state index >= 15 is 0 Å². The van der Waals surface area contributed by atoms with Crippen LogP contribution in [0, 0.1) is 5.92 Å². The van der Waals surface area contributed by atoms with Crippen LogP contribution in [0.3, 0.4) is 0 Å². The molecule has 2 N–H and O–H groups in total. The Morgan fingerprint density at radius 3 is 2.75 bits per heavy atom. The van der Waals surface area contributed by atoms with E-state index in [9.17, 15) is 18.0 Å². The maximum atomic E-state index is 12.4. The molecule has 20 heavy (non-hydrogen) atoms. The fourth-order valence-electron chi connectivity index (χ4n) is 2.31. The zero-order chi connectivity index (χ0) is 14.8. The number of pyridine rings is 1. The van der Waals surface area contributed by atoms with Crippen LogP contribution in [-0.2, 0) is 6.18 Å². The third-order valence-corrected chi connectivity index (χ3v) is 3.44. The fraction of sp³-hybridized carbons (Fsp3) is 0.538. The molecule has 1 aliphatic heterocycles. The van der Waals surface area contributed by atoms with Gasteiger partial charge in [-0.1, -0.05) is 0 Å². The first kappa shape index (κ1) is 14.8. The van der Waals surface area contributed by atoms with Gasteiger partial charge in [0.15, 0.2) is 0 Å². The number of carbonyl (C=O) groups is 1. The molecule has 0 saturated carbocycles. The van der Waals surface area contributed by atoms with Crippen molar-refractivity contribution in [3.8, 4) is 0 Å². The highest BCUT2D eigenvalue weighted by atomic mass is 19.4. The van der Waals surface area contributed by atoms with Gasteiger partial charge in [-0.3, -0.25) is 9.78 Å². The standard InChI is InChI=1S/C13H16F3N3O/c14-13(15,16)11-4-3-10(7-18-11)12(20)19-5-1-2-9(6-17)8-19/h3-4,7,9H,1-2,5-6,8,17H2. The van der Waals surface area contributed by atoms with Gasteiger partial charge in [-0.05, 0) is 37.4 Å². The summed E-state index contributed by atoms with van der Waals surface area (Å²) < 4.78 is 37.2. The summed E-state index contributed by atoms with van der Waals surface area (Å²) in [6.45, 7) is 1.67. The lowest BCUT2D eigenvalue weighted by atomic mass is 9.98. The number of piperidine rings is 1. The lowest BCUT2D eigenvalue weighted by Gasteiger charge is -2.32. The summed E-state index contributed by atoms with van der Waals surface area (Å²) in [6, 6.07) is 2.00. The maximum absolute atomic E-state index is 12.4. The maximum Gasteiger partial charge on any atom is 0.433 e. The van der Waals surface area contributed by atoms with Gasteiger partial charge in [0, 0.05) is 19.3 Å². The third kappa shape index (κ3) is 3.27. The van der Waals surface area contributed by atoms with Crippen molar-refractivity contribution in [1.29, 1.82) is 0 Å². The van der Waals surface area contributed by atoms with Crippen LogP contribution in [0.15, 0.2) is 18.3 Å². The van der Waals surface area contributed by atoms with E-state index in [1.54, 1.807) is 4.90 Å². The number of alkyl halides is 3. The van der Waals surface area contributed by atoms with Gasteiger partial charge < -0.3 is 10.6 Å². The lowest BCUT2D eigenvalue weighted by Crippen LogP contribution is -2.42. The molecule has 1 aromatic heterocycles. The zero-order valence-corrected chi connectivity index (χ0v) is 10.9. The Balaban J connectivity index is 2.09. The number of rotatable bonds is 2. The topological polar surface area (TPSA) is 59.2 Å². The summed E-state index contributed by atoms with van der Waals surface area (Å²) in [6.07, 6.45) is -1.66. The van der Waals surface area contributed by atoms with E-state index in [4.69, 9.17) is 5.73 Å². The Labute approximate surface area is 114 Å². The quantitative estimate of drug-likeness (QED) is 0.904. The second kappa shape index (κ2) is 5.78. The summed E-state index contributed by atoms with van der Waals surface area (Å²) in [5, 5.41) is 0. The molecule has 2 rings (SSSR count). The molecule has 4 nitrogen and oxygen atoms in total. The van der Waals surface area contributed by atoms with Gasteiger partial charge in [-0.25, -0.2) is 0 Å². The summed E-state index contributed by atoms with van der Waals surface area (Å²) in [7, 11) is 0. The first-order valence-corrected chi connectivity index (χ1v) is 6.44. The van der Waals surface area contributed by atoms with Crippen LogP contribution in [0.2, 0.25) is 0 Å². The van der Waals surface area contributed by atoms with Crippen LogP contribution in [0.4, 0.5) is 13.2 Å². The molecule has 7 heteroatoms. The molecule has 1 aliphatic rings. The van der Waals surface area contributed by atoms with Crippen molar-refractivity contribution in [2.45, 2.75) is 19.0 Å². The first-order chi connectivity index (χ1) is 9.41. The Morgan fingerprint density at radius 1 is 1.45 bits per heavy atom. The van der Waals surface area contributed by atoms with Crippen molar-refractivity contribution in [2.75, 3.05) is 19.6 Å². The van der Waals surface area contributed by atoms with Crippen molar-refractivity contribution in [3.05, 3.63) is 29.6 Å². The molecule has 1 aromatic rings. The van der Waals surface area contributed by atoms with Gasteiger partial charge >= 0.3 is 6.18 Å². The van der Waals surface area contributed by atoms with Gasteiger partial charge in [0.1, 0.15) is 5.69 Å². The van der Waals surface area contributed by atoms with E-state index in [1.807, 2.05) is 0 Å². The number of hydrogen-bond donors (Lipinski definition) is 1. The molecule has 0 bridgehead atoms. The monoisotopic (exact) mass is 287 g/mol. The SMILES string of the molecule is NCC1CCCN(C(=O)c2ccc(C(F)(F)F)nc2)C1. The number of halogens is 3. The molecule has 1 fully saturated rings. The Bertz CT molecular complexity index is 473. The number of nitrogens with zero attached hydrogens (tertiary/aromatic N) is 2. The second-order valence-corrected chi connectivity index (χ2v) is 4.92. The Morgan fingerprint density at radius 2 is 2.20 bits per heavy atom. The zero-order valence-electron chi connectivity index (χ0n) is 10.9. The smallest absolute Gasteiger partial charge is 0.338 e. The van der Waals surface area contributed by atoms with Crippen LogP contribution in [0.25, 0.3) is 0 Å². The van der Waals surface area contributed by atoms with Gasteiger partial charge in [0.05, 0.1) is 5.56 Å². The number of carbonyl (C=O) groups excluding carboxylic acids is 1. The summed E-state index contributed by atoms with van der Waals surface area (Å²) in [4.78, 5) is 17.1. The van der Waals surface area contributed by atoms with Crippen LogP contribution in [0.1, 0.15) is 28.9 Å². The van der Waals surface area contributed by atoms with Crippen molar-refractivity contribution in [1.82, 2.24) is 9.88 Å². The number of amides is 1. The third-order valence-electron chi connectivity index (χ3n) is 3.44. The Kier molecular flexibility index (Phi) is 4.27. The normalized spacial score (nSPS) is 20.0. The predicted molar refractivity (Wildman–Crippen MR) is 66.9 cm³/mol. The minimum atomic E-state index is -4.49. The highest BCUT2D eigenvalue weighted by molar-refractivity contribution is 5.94.